The van der Waals surface area contributed by atoms with Crippen LogP contribution in [0.25, 0.3) is 10.9 Å². The molecule has 1 aromatic carbocycles. The molecule has 0 amide bonds. The number of rotatable bonds is 4. The third kappa shape index (κ3) is 2.36. The van der Waals surface area contributed by atoms with E-state index in [1.165, 1.54) is 0 Å². The third-order valence-corrected chi connectivity index (χ3v) is 2.70. The molecule has 1 heterocycles. The molecule has 0 fully saturated rings. The molecular formula is C13H13NOS. The van der Waals surface area contributed by atoms with Gasteiger partial charge >= 0.3 is 0 Å². The van der Waals surface area contributed by atoms with Crippen LogP contribution in [0.1, 0.15) is 0 Å². The van der Waals surface area contributed by atoms with Gasteiger partial charge in [0.05, 0.1) is 0 Å². The number of pyridine rings is 1. The van der Waals surface area contributed by atoms with Crippen molar-refractivity contribution in [2.75, 3.05) is 12.4 Å². The van der Waals surface area contributed by atoms with Crippen molar-refractivity contribution in [3.05, 3.63) is 48.7 Å². The zero-order valence-corrected chi connectivity index (χ0v) is 9.78. The molecule has 0 saturated heterocycles. The minimum atomic E-state index is 0.485. The van der Waals surface area contributed by atoms with Gasteiger partial charge in [0.2, 0.25) is 0 Å². The first kappa shape index (κ1) is 11.0. The lowest BCUT2D eigenvalue weighted by atomic mass is 10.2. The summed E-state index contributed by atoms with van der Waals surface area (Å²) in [5.74, 6) is 1.43. The van der Waals surface area contributed by atoms with E-state index in [2.05, 4.69) is 24.2 Å². The Hall–Kier alpha value is -1.48. The highest BCUT2D eigenvalue weighted by Gasteiger charge is 2.02. The average Bonchev–Trinajstić information content (AvgIpc) is 2.35. The van der Waals surface area contributed by atoms with Gasteiger partial charge in [-0.15, -0.1) is 0 Å². The molecule has 0 radical (unpaired) electrons. The molecule has 2 nitrogen and oxygen atoms in total. The Bertz CT molecular complexity index is 505. The Morgan fingerprint density at radius 3 is 2.94 bits per heavy atom. The van der Waals surface area contributed by atoms with Crippen LogP contribution in [0.3, 0.4) is 0 Å². The summed E-state index contributed by atoms with van der Waals surface area (Å²) in [5, 5.41) is 1.08. The van der Waals surface area contributed by atoms with Gasteiger partial charge in [0, 0.05) is 17.3 Å². The van der Waals surface area contributed by atoms with E-state index in [0.717, 1.165) is 22.2 Å². The highest BCUT2D eigenvalue weighted by molar-refractivity contribution is 7.80. The van der Waals surface area contributed by atoms with Crippen LogP contribution in [0.2, 0.25) is 0 Å². The molecule has 2 aromatic rings. The van der Waals surface area contributed by atoms with E-state index in [-0.39, 0.29) is 0 Å². The monoisotopic (exact) mass is 231 g/mol. The summed E-state index contributed by atoms with van der Waals surface area (Å²) < 4.78 is 5.66. The standard InChI is InChI=1S/C13H13NOS/c1-10(9-16)8-15-12-6-2-4-11-5-3-7-14-13(11)12/h2-7,16H,1,8-9H2. The first-order valence-electron chi connectivity index (χ1n) is 5.05. The van der Waals surface area contributed by atoms with E-state index in [0.29, 0.717) is 12.4 Å². The van der Waals surface area contributed by atoms with Gasteiger partial charge in [-0.1, -0.05) is 24.8 Å². The molecule has 0 bridgehead atoms. The van der Waals surface area contributed by atoms with Gasteiger partial charge < -0.3 is 4.74 Å². The highest BCUT2D eigenvalue weighted by Crippen LogP contribution is 2.23. The number of hydrogen-bond donors (Lipinski definition) is 1. The van der Waals surface area contributed by atoms with Crippen molar-refractivity contribution >= 4 is 23.5 Å². The van der Waals surface area contributed by atoms with E-state index >= 15 is 0 Å². The molecule has 0 aliphatic carbocycles. The van der Waals surface area contributed by atoms with Crippen LogP contribution in [0.5, 0.6) is 5.75 Å². The number of benzene rings is 1. The van der Waals surface area contributed by atoms with Crippen LogP contribution in [0.15, 0.2) is 48.7 Å². The molecule has 2 rings (SSSR count). The average molecular weight is 231 g/mol. The lowest BCUT2D eigenvalue weighted by molar-refractivity contribution is 0.357. The Morgan fingerprint density at radius 1 is 1.31 bits per heavy atom. The second-order valence-corrected chi connectivity index (χ2v) is 3.84. The van der Waals surface area contributed by atoms with Crippen LogP contribution in [-0.4, -0.2) is 17.3 Å². The number of ether oxygens (including phenoxy) is 1. The van der Waals surface area contributed by atoms with Gasteiger partial charge in [-0.25, -0.2) is 0 Å². The smallest absolute Gasteiger partial charge is 0.146 e. The summed E-state index contributed by atoms with van der Waals surface area (Å²) >= 11 is 4.14. The summed E-state index contributed by atoms with van der Waals surface area (Å²) in [7, 11) is 0. The molecule has 1 aromatic heterocycles. The molecule has 0 spiro atoms. The van der Waals surface area contributed by atoms with Crippen molar-refractivity contribution in [3.63, 3.8) is 0 Å². The fourth-order valence-corrected chi connectivity index (χ4v) is 1.51. The Labute approximate surface area is 100 Å². The first-order chi connectivity index (χ1) is 7.81. The number of para-hydroxylation sites is 1. The minimum absolute atomic E-state index is 0.485. The fourth-order valence-electron chi connectivity index (χ4n) is 1.42. The predicted molar refractivity (Wildman–Crippen MR) is 70.2 cm³/mol. The Kier molecular flexibility index (Phi) is 3.47. The molecule has 3 heteroatoms. The number of nitrogens with zero attached hydrogens (tertiary/aromatic N) is 1. The molecule has 82 valence electrons. The topological polar surface area (TPSA) is 22.1 Å². The van der Waals surface area contributed by atoms with Crippen molar-refractivity contribution in [2.24, 2.45) is 0 Å². The van der Waals surface area contributed by atoms with E-state index in [1.807, 2.05) is 30.3 Å². The summed E-state index contributed by atoms with van der Waals surface area (Å²) in [4.78, 5) is 4.31. The van der Waals surface area contributed by atoms with E-state index < -0.39 is 0 Å². The van der Waals surface area contributed by atoms with Crippen molar-refractivity contribution in [1.29, 1.82) is 0 Å². The largest absolute Gasteiger partial charge is 0.487 e. The molecule has 0 saturated carbocycles. The quantitative estimate of drug-likeness (QED) is 0.645. The van der Waals surface area contributed by atoms with E-state index in [9.17, 15) is 0 Å². The number of aromatic nitrogens is 1. The molecule has 0 aliphatic heterocycles. The van der Waals surface area contributed by atoms with Gasteiger partial charge in [-0.2, -0.15) is 12.6 Å². The summed E-state index contributed by atoms with van der Waals surface area (Å²) in [6.07, 6.45) is 1.77. The van der Waals surface area contributed by atoms with Crippen molar-refractivity contribution in [1.82, 2.24) is 4.98 Å². The van der Waals surface area contributed by atoms with Gasteiger partial charge in [0.1, 0.15) is 17.9 Å². The molecule has 0 atom stereocenters. The SMILES string of the molecule is C=C(CS)COc1cccc2cccnc12. The maximum atomic E-state index is 5.66. The highest BCUT2D eigenvalue weighted by atomic mass is 32.1. The molecule has 0 N–H and O–H groups in total. The van der Waals surface area contributed by atoms with Crippen molar-refractivity contribution < 1.29 is 4.74 Å². The zero-order chi connectivity index (χ0) is 11.4. The summed E-state index contributed by atoms with van der Waals surface area (Å²) in [5.41, 5.74) is 1.84. The minimum Gasteiger partial charge on any atom is -0.487 e. The summed E-state index contributed by atoms with van der Waals surface area (Å²) in [6.45, 7) is 4.33. The molecule has 16 heavy (non-hydrogen) atoms. The van der Waals surface area contributed by atoms with Gasteiger partial charge in [-0.05, 0) is 17.7 Å². The lowest BCUT2D eigenvalue weighted by Gasteiger charge is -2.08. The Balaban J connectivity index is 2.27. The second kappa shape index (κ2) is 5.03. The molecule has 0 unspecified atom stereocenters. The normalized spacial score (nSPS) is 10.3. The van der Waals surface area contributed by atoms with E-state index in [1.54, 1.807) is 6.20 Å². The van der Waals surface area contributed by atoms with Crippen molar-refractivity contribution in [3.8, 4) is 5.75 Å². The van der Waals surface area contributed by atoms with E-state index in [4.69, 9.17) is 4.74 Å². The second-order valence-electron chi connectivity index (χ2n) is 3.53. The lowest BCUT2D eigenvalue weighted by Crippen LogP contribution is -2.01. The molecule has 0 aliphatic rings. The van der Waals surface area contributed by atoms with Crippen LogP contribution in [0.4, 0.5) is 0 Å². The predicted octanol–water partition coefficient (Wildman–Crippen LogP) is 3.10. The van der Waals surface area contributed by atoms with Crippen LogP contribution in [0, 0.1) is 0 Å². The number of thiol groups is 1. The van der Waals surface area contributed by atoms with Gasteiger partial charge in [-0.3, -0.25) is 4.98 Å². The maximum absolute atomic E-state index is 5.66. The fraction of sp³-hybridized carbons (Fsp3) is 0.154. The van der Waals surface area contributed by atoms with Crippen LogP contribution >= 0.6 is 12.6 Å². The van der Waals surface area contributed by atoms with Crippen LogP contribution < -0.4 is 4.74 Å². The third-order valence-electron chi connectivity index (χ3n) is 2.25. The maximum Gasteiger partial charge on any atom is 0.146 e. The Morgan fingerprint density at radius 2 is 2.12 bits per heavy atom. The van der Waals surface area contributed by atoms with Crippen LogP contribution in [-0.2, 0) is 0 Å². The van der Waals surface area contributed by atoms with Crippen molar-refractivity contribution in [2.45, 2.75) is 0 Å². The zero-order valence-electron chi connectivity index (χ0n) is 8.89. The number of hydrogen-bond acceptors (Lipinski definition) is 3. The summed E-state index contributed by atoms with van der Waals surface area (Å²) in [6, 6.07) is 9.83. The van der Waals surface area contributed by atoms with Gasteiger partial charge in [0.15, 0.2) is 0 Å². The van der Waals surface area contributed by atoms with Gasteiger partial charge in [0.25, 0.3) is 0 Å². The first-order valence-corrected chi connectivity index (χ1v) is 5.68. The number of fused-ring (bicyclic) bond motifs is 1. The molecular weight excluding hydrogens is 218 g/mol.